The number of carbonyl (C=O) groups is 2. The van der Waals surface area contributed by atoms with E-state index in [1.807, 2.05) is 24.3 Å². The van der Waals surface area contributed by atoms with E-state index in [1.165, 1.54) is 22.3 Å². The van der Waals surface area contributed by atoms with E-state index in [2.05, 4.69) is 29.6 Å². The van der Waals surface area contributed by atoms with Crippen molar-refractivity contribution in [1.29, 1.82) is 0 Å². The number of hydrogen-bond donors (Lipinski definition) is 2. The highest BCUT2D eigenvalue weighted by Crippen LogP contribution is 2.44. The topological polar surface area (TPSA) is 81.4 Å². The molecule has 0 saturated carbocycles. The molecular weight excluding hydrogens is 352 g/mol. The molecule has 3 N–H and O–H groups in total. The molecular formula is C23H20N2O3. The van der Waals surface area contributed by atoms with E-state index >= 15 is 0 Å². The number of rotatable bonds is 5. The van der Waals surface area contributed by atoms with Gasteiger partial charge in [-0.25, -0.2) is 4.79 Å². The Hall–Kier alpha value is -3.60. The summed E-state index contributed by atoms with van der Waals surface area (Å²) in [4.78, 5) is 23.3. The third kappa shape index (κ3) is 3.47. The summed E-state index contributed by atoms with van der Waals surface area (Å²) >= 11 is 0. The molecule has 0 fully saturated rings. The number of ether oxygens (including phenoxy) is 1. The molecule has 5 heteroatoms. The molecule has 0 bridgehead atoms. The van der Waals surface area contributed by atoms with Gasteiger partial charge in [0.15, 0.2) is 0 Å². The van der Waals surface area contributed by atoms with Crippen molar-refractivity contribution in [2.45, 2.75) is 12.5 Å². The van der Waals surface area contributed by atoms with E-state index in [0.717, 1.165) is 5.56 Å². The SMILES string of the molecule is NC(=O)c1ccc(CNC(=O)OCC2c3ccccc3-c3ccccc32)cc1. The molecule has 0 saturated heterocycles. The predicted molar refractivity (Wildman–Crippen MR) is 107 cm³/mol. The van der Waals surface area contributed by atoms with Gasteiger partial charge in [0.05, 0.1) is 0 Å². The van der Waals surface area contributed by atoms with Crippen molar-refractivity contribution in [2.75, 3.05) is 6.61 Å². The number of benzene rings is 3. The van der Waals surface area contributed by atoms with Gasteiger partial charge in [-0.05, 0) is 39.9 Å². The zero-order valence-corrected chi connectivity index (χ0v) is 15.2. The fraction of sp³-hybridized carbons (Fsp3) is 0.130. The van der Waals surface area contributed by atoms with Gasteiger partial charge in [-0.2, -0.15) is 0 Å². The van der Waals surface area contributed by atoms with Crippen LogP contribution in [0.25, 0.3) is 11.1 Å². The maximum Gasteiger partial charge on any atom is 0.407 e. The lowest BCUT2D eigenvalue weighted by molar-refractivity contribution is 0.1000. The third-order valence-electron chi connectivity index (χ3n) is 5.02. The summed E-state index contributed by atoms with van der Waals surface area (Å²) in [5.74, 6) is -0.441. The first kappa shape index (κ1) is 17.8. The second-order valence-corrected chi connectivity index (χ2v) is 6.74. The molecule has 5 nitrogen and oxygen atoms in total. The lowest BCUT2D eigenvalue weighted by Gasteiger charge is -2.14. The first-order valence-corrected chi connectivity index (χ1v) is 9.11. The van der Waals surface area contributed by atoms with Gasteiger partial charge >= 0.3 is 6.09 Å². The minimum atomic E-state index is -0.476. The summed E-state index contributed by atoms with van der Waals surface area (Å²) in [6, 6.07) is 23.2. The highest BCUT2D eigenvalue weighted by Gasteiger charge is 2.28. The Bertz CT molecular complexity index is 983. The third-order valence-corrected chi connectivity index (χ3v) is 5.02. The van der Waals surface area contributed by atoms with Crippen molar-refractivity contribution in [2.24, 2.45) is 5.73 Å². The first-order valence-electron chi connectivity index (χ1n) is 9.11. The molecule has 2 amide bonds. The Morgan fingerprint density at radius 1 is 0.857 bits per heavy atom. The minimum Gasteiger partial charge on any atom is -0.449 e. The van der Waals surface area contributed by atoms with E-state index in [9.17, 15) is 9.59 Å². The van der Waals surface area contributed by atoms with E-state index in [-0.39, 0.29) is 12.5 Å². The van der Waals surface area contributed by atoms with Crippen molar-refractivity contribution in [3.8, 4) is 11.1 Å². The number of primary amides is 1. The molecule has 28 heavy (non-hydrogen) atoms. The molecule has 3 aromatic rings. The van der Waals surface area contributed by atoms with E-state index < -0.39 is 12.0 Å². The molecule has 140 valence electrons. The van der Waals surface area contributed by atoms with Gasteiger partial charge in [0.2, 0.25) is 5.91 Å². The average Bonchev–Trinajstić information content (AvgIpc) is 3.05. The minimum absolute atomic E-state index is 0.0352. The number of carbonyl (C=O) groups excluding carboxylic acids is 2. The van der Waals surface area contributed by atoms with E-state index in [4.69, 9.17) is 10.5 Å². The standard InChI is InChI=1S/C23H20N2O3/c24-22(26)16-11-9-15(10-12-16)13-25-23(27)28-14-21-19-7-3-1-5-17(19)18-6-2-4-8-20(18)21/h1-12,21H,13-14H2,(H2,24,26)(H,25,27). The fourth-order valence-electron chi connectivity index (χ4n) is 3.61. The molecule has 1 aliphatic carbocycles. The monoisotopic (exact) mass is 372 g/mol. The number of alkyl carbamates (subject to hydrolysis) is 1. The lowest BCUT2D eigenvalue weighted by atomic mass is 9.98. The average molecular weight is 372 g/mol. The van der Waals surface area contributed by atoms with Crippen LogP contribution in [-0.4, -0.2) is 18.6 Å². The second-order valence-electron chi connectivity index (χ2n) is 6.74. The second kappa shape index (κ2) is 7.56. The molecule has 1 aliphatic rings. The van der Waals surface area contributed by atoms with Crippen LogP contribution in [0.2, 0.25) is 0 Å². The Morgan fingerprint density at radius 3 is 2.00 bits per heavy atom. The molecule has 0 spiro atoms. The summed E-state index contributed by atoms with van der Waals surface area (Å²) in [5, 5.41) is 2.74. The Balaban J connectivity index is 1.38. The maximum absolute atomic E-state index is 12.2. The first-order chi connectivity index (χ1) is 13.6. The van der Waals surface area contributed by atoms with Crippen LogP contribution in [0, 0.1) is 0 Å². The van der Waals surface area contributed by atoms with Crippen LogP contribution in [0.1, 0.15) is 33.0 Å². The van der Waals surface area contributed by atoms with Gasteiger partial charge in [0.1, 0.15) is 6.61 Å². The number of fused-ring (bicyclic) bond motifs is 3. The van der Waals surface area contributed by atoms with E-state index in [0.29, 0.717) is 12.1 Å². The van der Waals surface area contributed by atoms with Gasteiger partial charge in [-0.15, -0.1) is 0 Å². The van der Waals surface area contributed by atoms with Crippen LogP contribution in [0.3, 0.4) is 0 Å². The molecule has 0 unspecified atom stereocenters. The quantitative estimate of drug-likeness (QED) is 0.714. The smallest absolute Gasteiger partial charge is 0.407 e. The molecule has 4 rings (SSSR count). The fourth-order valence-corrected chi connectivity index (χ4v) is 3.61. The summed E-state index contributed by atoms with van der Waals surface area (Å²) in [7, 11) is 0. The van der Waals surface area contributed by atoms with Crippen molar-refractivity contribution in [3.05, 3.63) is 95.1 Å². The highest BCUT2D eigenvalue weighted by molar-refractivity contribution is 5.92. The molecule has 0 radical (unpaired) electrons. The summed E-state index contributed by atoms with van der Waals surface area (Å²) < 4.78 is 5.50. The molecule has 0 atom stereocenters. The largest absolute Gasteiger partial charge is 0.449 e. The van der Waals surface area contributed by atoms with Crippen LogP contribution in [0.5, 0.6) is 0 Å². The number of amides is 2. The number of nitrogens with one attached hydrogen (secondary N) is 1. The predicted octanol–water partition coefficient (Wildman–Crippen LogP) is 3.82. The van der Waals surface area contributed by atoms with Crippen molar-refractivity contribution in [1.82, 2.24) is 5.32 Å². The lowest BCUT2D eigenvalue weighted by Crippen LogP contribution is -2.25. The van der Waals surface area contributed by atoms with Crippen LogP contribution < -0.4 is 11.1 Å². The van der Waals surface area contributed by atoms with Crippen LogP contribution in [0.4, 0.5) is 4.79 Å². The number of nitrogens with two attached hydrogens (primary N) is 1. The van der Waals surface area contributed by atoms with E-state index in [1.54, 1.807) is 24.3 Å². The molecule has 3 aromatic carbocycles. The molecule has 0 heterocycles. The van der Waals surface area contributed by atoms with Gasteiger partial charge in [0, 0.05) is 18.0 Å². The maximum atomic E-state index is 12.2. The Labute approximate surface area is 163 Å². The van der Waals surface area contributed by atoms with Gasteiger partial charge in [0.25, 0.3) is 0 Å². The Kier molecular flexibility index (Phi) is 4.81. The van der Waals surface area contributed by atoms with Gasteiger partial charge in [-0.1, -0.05) is 60.7 Å². The molecule has 0 aliphatic heterocycles. The van der Waals surface area contributed by atoms with Gasteiger partial charge in [-0.3, -0.25) is 4.79 Å². The summed E-state index contributed by atoms with van der Waals surface area (Å²) in [5.41, 5.74) is 11.3. The molecule has 0 aromatic heterocycles. The van der Waals surface area contributed by atoms with Crippen molar-refractivity contribution < 1.29 is 14.3 Å². The van der Waals surface area contributed by atoms with Crippen LogP contribution >= 0.6 is 0 Å². The van der Waals surface area contributed by atoms with Gasteiger partial charge < -0.3 is 15.8 Å². The van der Waals surface area contributed by atoms with Crippen molar-refractivity contribution >= 4 is 12.0 Å². The zero-order valence-electron chi connectivity index (χ0n) is 15.2. The van der Waals surface area contributed by atoms with Crippen LogP contribution in [0.15, 0.2) is 72.8 Å². The zero-order chi connectivity index (χ0) is 19.5. The van der Waals surface area contributed by atoms with Crippen molar-refractivity contribution in [3.63, 3.8) is 0 Å². The Morgan fingerprint density at radius 2 is 1.43 bits per heavy atom. The number of hydrogen-bond acceptors (Lipinski definition) is 3. The highest BCUT2D eigenvalue weighted by atomic mass is 16.5. The van der Waals surface area contributed by atoms with Crippen LogP contribution in [-0.2, 0) is 11.3 Å². The summed E-state index contributed by atoms with van der Waals surface area (Å²) in [6.07, 6.45) is -0.471. The normalized spacial score (nSPS) is 12.1. The summed E-state index contributed by atoms with van der Waals surface area (Å²) in [6.45, 7) is 0.593.